The van der Waals surface area contributed by atoms with Gasteiger partial charge in [0, 0.05) is 24.6 Å². The van der Waals surface area contributed by atoms with E-state index in [1.54, 1.807) is 23.2 Å². The second-order valence-corrected chi connectivity index (χ2v) is 6.94. The number of hydrogen-bond acceptors (Lipinski definition) is 3. The fourth-order valence-electron chi connectivity index (χ4n) is 3.70. The van der Waals surface area contributed by atoms with Crippen LogP contribution < -0.4 is 0 Å². The van der Waals surface area contributed by atoms with Crippen LogP contribution in [0, 0.1) is 0 Å². The zero-order valence-electron chi connectivity index (χ0n) is 16.3. The van der Waals surface area contributed by atoms with Crippen molar-refractivity contribution in [3.63, 3.8) is 0 Å². The highest BCUT2D eigenvalue weighted by molar-refractivity contribution is 5.99. The van der Waals surface area contributed by atoms with Gasteiger partial charge in [-0.3, -0.25) is 9.69 Å². The maximum absolute atomic E-state index is 13.4. The molecule has 0 spiro atoms. The van der Waals surface area contributed by atoms with Crippen molar-refractivity contribution < 1.29 is 14.3 Å². The van der Waals surface area contributed by atoms with Gasteiger partial charge < -0.3 is 4.74 Å². The predicted molar refractivity (Wildman–Crippen MR) is 110 cm³/mol. The van der Waals surface area contributed by atoms with E-state index in [0.29, 0.717) is 24.8 Å². The number of rotatable bonds is 4. The number of nitrogens with zero attached hydrogens (tertiary/aromatic N) is 1. The van der Waals surface area contributed by atoms with Gasteiger partial charge in [-0.15, -0.1) is 0 Å². The van der Waals surface area contributed by atoms with E-state index in [-0.39, 0.29) is 5.91 Å². The van der Waals surface area contributed by atoms with Gasteiger partial charge in [-0.2, -0.15) is 0 Å². The molecule has 3 rings (SSSR count). The van der Waals surface area contributed by atoms with Crippen LogP contribution in [0.1, 0.15) is 35.7 Å². The molecule has 2 aromatic rings. The van der Waals surface area contributed by atoms with Gasteiger partial charge in [0.1, 0.15) is 0 Å². The van der Waals surface area contributed by atoms with Crippen molar-refractivity contribution in [2.45, 2.75) is 31.7 Å². The first-order valence-electron chi connectivity index (χ1n) is 9.42. The first kappa shape index (κ1) is 19.6. The average molecular weight is 375 g/mol. The quantitative estimate of drug-likeness (QED) is 0.582. The lowest BCUT2D eigenvalue weighted by atomic mass is 9.82. The van der Waals surface area contributed by atoms with E-state index < -0.39 is 11.5 Å². The molecule has 0 aliphatic carbocycles. The Hall–Kier alpha value is -3.14. The maximum atomic E-state index is 13.4. The standard InChI is InChI=1S/C24H25NO3/c1-3-19-13-10-16-25(22(26)21-14-8-5-9-15-21)24(17-19,23(27)28-2)18-20-11-6-4-7-12-20/h3-12,14-16H,13,17-18H2,1-2H3/b19-3-. The predicted octanol–water partition coefficient (Wildman–Crippen LogP) is 4.54. The van der Waals surface area contributed by atoms with E-state index >= 15 is 0 Å². The van der Waals surface area contributed by atoms with E-state index in [9.17, 15) is 9.59 Å². The minimum Gasteiger partial charge on any atom is -0.467 e. The molecule has 4 nitrogen and oxygen atoms in total. The van der Waals surface area contributed by atoms with Crippen LogP contribution >= 0.6 is 0 Å². The molecular weight excluding hydrogens is 350 g/mol. The van der Waals surface area contributed by atoms with Crippen LogP contribution in [-0.4, -0.2) is 29.4 Å². The number of carbonyl (C=O) groups is 2. The maximum Gasteiger partial charge on any atom is 0.332 e. The molecule has 1 unspecified atom stereocenters. The van der Waals surface area contributed by atoms with Crippen LogP contribution in [0.5, 0.6) is 0 Å². The fourth-order valence-corrected chi connectivity index (χ4v) is 3.70. The fraction of sp³-hybridized carbons (Fsp3) is 0.250. The Morgan fingerprint density at radius 1 is 1.07 bits per heavy atom. The molecule has 1 heterocycles. The summed E-state index contributed by atoms with van der Waals surface area (Å²) in [7, 11) is 1.38. The SMILES string of the molecule is C/C=C1/CC=CN(C(=O)c2ccccc2)C(Cc2ccccc2)(C(=O)OC)C1. The summed E-state index contributed by atoms with van der Waals surface area (Å²) in [6.07, 6.45) is 7.20. The summed E-state index contributed by atoms with van der Waals surface area (Å²) in [5.74, 6) is -0.623. The normalized spacial score (nSPS) is 20.6. The zero-order valence-corrected chi connectivity index (χ0v) is 16.3. The van der Waals surface area contributed by atoms with Crippen molar-refractivity contribution in [3.8, 4) is 0 Å². The second-order valence-electron chi connectivity index (χ2n) is 6.94. The first-order valence-corrected chi connectivity index (χ1v) is 9.42. The first-order chi connectivity index (χ1) is 13.6. The van der Waals surface area contributed by atoms with Crippen LogP contribution in [0.3, 0.4) is 0 Å². The van der Waals surface area contributed by atoms with Gasteiger partial charge in [-0.05, 0) is 31.0 Å². The minimum absolute atomic E-state index is 0.212. The van der Waals surface area contributed by atoms with Crippen molar-refractivity contribution in [2.75, 3.05) is 7.11 Å². The smallest absolute Gasteiger partial charge is 0.332 e. The molecule has 0 fully saturated rings. The summed E-state index contributed by atoms with van der Waals surface area (Å²) in [6, 6.07) is 18.8. The van der Waals surface area contributed by atoms with Crippen molar-refractivity contribution in [1.82, 2.24) is 4.90 Å². The van der Waals surface area contributed by atoms with Crippen LogP contribution in [0.15, 0.2) is 84.6 Å². The number of methoxy groups -OCH3 is 1. The van der Waals surface area contributed by atoms with Crippen LogP contribution in [0.2, 0.25) is 0 Å². The van der Waals surface area contributed by atoms with Crippen molar-refractivity contribution >= 4 is 11.9 Å². The number of amides is 1. The summed E-state index contributed by atoms with van der Waals surface area (Å²) in [5, 5.41) is 0. The molecule has 0 N–H and O–H groups in total. The van der Waals surface area contributed by atoms with Crippen LogP contribution in [0.4, 0.5) is 0 Å². The molecule has 28 heavy (non-hydrogen) atoms. The van der Waals surface area contributed by atoms with Crippen molar-refractivity contribution in [2.24, 2.45) is 0 Å². The molecule has 1 aliphatic heterocycles. The molecule has 0 radical (unpaired) electrons. The van der Waals surface area contributed by atoms with E-state index in [4.69, 9.17) is 4.74 Å². The molecular formula is C24H25NO3. The monoisotopic (exact) mass is 375 g/mol. The number of benzene rings is 2. The Kier molecular flexibility index (Phi) is 6.09. The summed E-state index contributed by atoms with van der Waals surface area (Å²) in [4.78, 5) is 28.2. The van der Waals surface area contributed by atoms with E-state index in [0.717, 1.165) is 11.1 Å². The highest BCUT2D eigenvalue weighted by atomic mass is 16.5. The van der Waals surface area contributed by atoms with Crippen LogP contribution in [-0.2, 0) is 16.0 Å². The highest BCUT2D eigenvalue weighted by Crippen LogP contribution is 2.35. The van der Waals surface area contributed by atoms with Gasteiger partial charge >= 0.3 is 5.97 Å². The molecule has 1 atom stereocenters. The lowest BCUT2D eigenvalue weighted by Gasteiger charge is -2.39. The van der Waals surface area contributed by atoms with Gasteiger partial charge in [0.2, 0.25) is 0 Å². The lowest BCUT2D eigenvalue weighted by Crippen LogP contribution is -2.56. The Bertz CT molecular complexity index is 887. The second kappa shape index (κ2) is 8.70. The lowest BCUT2D eigenvalue weighted by molar-refractivity contribution is -0.152. The third-order valence-corrected chi connectivity index (χ3v) is 5.17. The summed E-state index contributed by atoms with van der Waals surface area (Å²) in [6.45, 7) is 1.96. The molecule has 144 valence electrons. The Morgan fingerprint density at radius 2 is 1.71 bits per heavy atom. The molecule has 0 bridgehead atoms. The van der Waals surface area contributed by atoms with Gasteiger partial charge in [0.25, 0.3) is 5.91 Å². The van der Waals surface area contributed by atoms with Gasteiger partial charge in [-0.25, -0.2) is 4.79 Å². The summed E-state index contributed by atoms with van der Waals surface area (Å²) < 4.78 is 5.24. The Morgan fingerprint density at radius 3 is 2.32 bits per heavy atom. The van der Waals surface area contributed by atoms with E-state index in [1.807, 2.05) is 67.6 Å². The van der Waals surface area contributed by atoms with Crippen LogP contribution in [0.25, 0.3) is 0 Å². The third-order valence-electron chi connectivity index (χ3n) is 5.17. The largest absolute Gasteiger partial charge is 0.467 e. The summed E-state index contributed by atoms with van der Waals surface area (Å²) >= 11 is 0. The molecule has 0 saturated carbocycles. The molecule has 1 amide bonds. The molecule has 1 aliphatic rings. The Labute approximate surface area is 166 Å². The van der Waals surface area contributed by atoms with Gasteiger partial charge in [0.15, 0.2) is 5.54 Å². The van der Waals surface area contributed by atoms with Gasteiger partial charge in [0.05, 0.1) is 7.11 Å². The van der Waals surface area contributed by atoms with Gasteiger partial charge in [-0.1, -0.05) is 66.3 Å². The third kappa shape index (κ3) is 3.91. The molecule has 0 saturated heterocycles. The zero-order chi connectivity index (χ0) is 20.0. The molecule has 0 aromatic heterocycles. The Balaban J connectivity index is 2.14. The number of carbonyl (C=O) groups excluding carboxylic acids is 2. The number of esters is 1. The van der Waals surface area contributed by atoms with Crippen molar-refractivity contribution in [1.29, 1.82) is 0 Å². The number of ether oxygens (including phenoxy) is 1. The molecule has 4 heteroatoms. The topological polar surface area (TPSA) is 46.6 Å². The van der Waals surface area contributed by atoms with Crippen molar-refractivity contribution in [3.05, 3.63) is 95.7 Å². The van der Waals surface area contributed by atoms with E-state index in [2.05, 4.69) is 0 Å². The summed E-state index contributed by atoms with van der Waals surface area (Å²) in [5.41, 5.74) is 1.47. The minimum atomic E-state index is -1.14. The average Bonchev–Trinajstić information content (AvgIpc) is 2.94. The molecule has 2 aromatic carbocycles. The number of hydrogen-bond donors (Lipinski definition) is 0. The van der Waals surface area contributed by atoms with E-state index in [1.165, 1.54) is 7.11 Å². The number of allylic oxidation sites excluding steroid dienone is 2. The highest BCUT2D eigenvalue weighted by Gasteiger charge is 2.48.